The summed E-state index contributed by atoms with van der Waals surface area (Å²) in [7, 11) is 0. The molecular formula is C33H49N3O4S. The van der Waals surface area contributed by atoms with E-state index in [0.717, 1.165) is 17.9 Å². The molecule has 3 rings (SSSR count). The van der Waals surface area contributed by atoms with Crippen molar-refractivity contribution < 1.29 is 19.1 Å². The third kappa shape index (κ3) is 12.3. The van der Waals surface area contributed by atoms with Crippen LogP contribution in [0.5, 0.6) is 0 Å². The Morgan fingerprint density at radius 2 is 1.59 bits per heavy atom. The lowest BCUT2D eigenvalue weighted by atomic mass is 9.98. The van der Waals surface area contributed by atoms with Gasteiger partial charge in [0, 0.05) is 23.7 Å². The van der Waals surface area contributed by atoms with Gasteiger partial charge in [-0.3, -0.25) is 14.5 Å². The zero-order valence-corrected chi connectivity index (χ0v) is 26.7. The van der Waals surface area contributed by atoms with Crippen molar-refractivity contribution in [2.24, 2.45) is 11.8 Å². The fourth-order valence-corrected chi connectivity index (χ4v) is 5.78. The maximum absolute atomic E-state index is 13.5. The van der Waals surface area contributed by atoms with Crippen molar-refractivity contribution >= 4 is 29.5 Å². The molecule has 2 aromatic carbocycles. The van der Waals surface area contributed by atoms with Crippen LogP contribution >= 0.6 is 11.8 Å². The van der Waals surface area contributed by atoms with Gasteiger partial charge in [0.05, 0.1) is 12.6 Å². The second-order valence-corrected chi connectivity index (χ2v) is 12.4. The van der Waals surface area contributed by atoms with Crippen LogP contribution in [0, 0.1) is 18.8 Å². The minimum atomic E-state index is -0.791. The summed E-state index contributed by atoms with van der Waals surface area (Å²) in [6.45, 7) is 16.1. The van der Waals surface area contributed by atoms with Gasteiger partial charge in [-0.25, -0.2) is 4.79 Å². The SMILES string of the molecule is CC.Cc1ccc2c(c1)SCCN(CC(=O)[C@H](CC(C)C)NC(=O)[C@H](CC(C)C)NC(=O)OCc1ccccc1)C2. The maximum Gasteiger partial charge on any atom is 0.408 e. The van der Waals surface area contributed by atoms with Crippen LogP contribution in [0.4, 0.5) is 4.79 Å². The number of carbonyl (C=O) groups excluding carboxylic acids is 3. The van der Waals surface area contributed by atoms with Gasteiger partial charge in [-0.2, -0.15) is 0 Å². The highest BCUT2D eigenvalue weighted by atomic mass is 32.2. The molecule has 0 bridgehead atoms. The van der Waals surface area contributed by atoms with Crippen LogP contribution < -0.4 is 10.6 Å². The van der Waals surface area contributed by atoms with E-state index in [-0.39, 0.29) is 36.7 Å². The molecule has 1 heterocycles. The second kappa shape index (κ2) is 17.9. The number of fused-ring (bicyclic) bond motifs is 1. The molecule has 2 amide bonds. The standard InChI is InChI=1S/C31H43N3O4S.C2H6/c1-21(2)15-26(28(35)19-34-13-14-39-29-17-23(5)11-12-25(29)18-34)32-30(36)27(16-22(3)4)33-31(37)38-20-24-9-7-6-8-10-24;1-2/h6-12,17,21-22,26-27H,13-16,18-20H2,1-5H3,(H,32,36)(H,33,37);1-2H3/t26-,27-;/m0./s1. The molecular weight excluding hydrogens is 534 g/mol. The van der Waals surface area contributed by atoms with E-state index in [1.165, 1.54) is 16.0 Å². The summed E-state index contributed by atoms with van der Waals surface area (Å²) in [5.74, 6) is 0.929. The number of thioether (sulfide) groups is 1. The van der Waals surface area contributed by atoms with Crippen LogP contribution in [0.15, 0.2) is 53.4 Å². The zero-order valence-electron chi connectivity index (χ0n) is 25.9. The number of hydrogen-bond acceptors (Lipinski definition) is 6. The molecule has 7 nitrogen and oxygen atoms in total. The van der Waals surface area contributed by atoms with Crippen molar-refractivity contribution in [1.82, 2.24) is 15.5 Å². The van der Waals surface area contributed by atoms with Crippen LogP contribution in [-0.4, -0.2) is 53.6 Å². The number of alkyl carbamates (subject to hydrolysis) is 1. The minimum Gasteiger partial charge on any atom is -0.445 e. The zero-order chi connectivity index (χ0) is 30.4. The second-order valence-electron chi connectivity index (χ2n) is 11.2. The number of carbonyl (C=O) groups is 3. The molecule has 226 valence electrons. The van der Waals surface area contributed by atoms with Gasteiger partial charge in [0.15, 0.2) is 5.78 Å². The predicted molar refractivity (Wildman–Crippen MR) is 168 cm³/mol. The first-order chi connectivity index (χ1) is 19.6. The van der Waals surface area contributed by atoms with Gasteiger partial charge in [0.2, 0.25) is 5.91 Å². The number of amides is 2. The molecule has 0 saturated heterocycles. The average molecular weight is 584 g/mol. The third-order valence-electron chi connectivity index (χ3n) is 6.60. The average Bonchev–Trinajstić information content (AvgIpc) is 3.13. The van der Waals surface area contributed by atoms with E-state index in [4.69, 9.17) is 4.74 Å². The number of aryl methyl sites for hydroxylation is 1. The molecule has 1 aliphatic rings. The Morgan fingerprint density at radius 1 is 0.927 bits per heavy atom. The normalized spacial score (nSPS) is 14.7. The fraction of sp³-hybridized carbons (Fsp3) is 0.545. The molecule has 0 unspecified atom stereocenters. The van der Waals surface area contributed by atoms with E-state index >= 15 is 0 Å². The van der Waals surface area contributed by atoms with E-state index in [2.05, 4.69) is 40.7 Å². The summed E-state index contributed by atoms with van der Waals surface area (Å²) in [6, 6.07) is 14.4. The largest absolute Gasteiger partial charge is 0.445 e. The Balaban J connectivity index is 0.00000287. The highest BCUT2D eigenvalue weighted by Gasteiger charge is 2.29. The van der Waals surface area contributed by atoms with Gasteiger partial charge in [-0.15, -0.1) is 11.8 Å². The topological polar surface area (TPSA) is 87.7 Å². The first-order valence-electron chi connectivity index (χ1n) is 14.9. The van der Waals surface area contributed by atoms with Gasteiger partial charge in [0.1, 0.15) is 12.6 Å². The predicted octanol–water partition coefficient (Wildman–Crippen LogP) is 6.37. The van der Waals surface area contributed by atoms with Crippen molar-refractivity contribution in [1.29, 1.82) is 0 Å². The lowest BCUT2D eigenvalue weighted by molar-refractivity contribution is -0.130. The Labute approximate surface area is 251 Å². The molecule has 0 spiro atoms. The number of ketones is 1. The molecule has 0 radical (unpaired) electrons. The Kier molecular flexibility index (Phi) is 15.0. The molecule has 41 heavy (non-hydrogen) atoms. The molecule has 2 atom stereocenters. The molecule has 2 aromatic rings. The first-order valence-corrected chi connectivity index (χ1v) is 15.8. The highest BCUT2D eigenvalue weighted by Crippen LogP contribution is 2.28. The van der Waals surface area contributed by atoms with Crippen LogP contribution in [-0.2, 0) is 27.5 Å². The summed E-state index contributed by atoms with van der Waals surface area (Å²) < 4.78 is 5.35. The molecule has 0 saturated carbocycles. The monoisotopic (exact) mass is 583 g/mol. The van der Waals surface area contributed by atoms with E-state index in [1.807, 2.05) is 83.6 Å². The van der Waals surface area contributed by atoms with Gasteiger partial charge in [-0.05, 0) is 54.4 Å². The van der Waals surface area contributed by atoms with Crippen molar-refractivity contribution in [3.05, 3.63) is 65.2 Å². The maximum atomic E-state index is 13.5. The molecule has 2 N–H and O–H groups in total. The number of nitrogens with zero attached hydrogens (tertiary/aromatic N) is 1. The minimum absolute atomic E-state index is 0.00689. The highest BCUT2D eigenvalue weighted by molar-refractivity contribution is 7.99. The molecule has 1 aliphatic heterocycles. The first kappa shape index (κ1) is 34.4. The Morgan fingerprint density at radius 3 is 2.24 bits per heavy atom. The van der Waals surface area contributed by atoms with Crippen LogP contribution in [0.25, 0.3) is 0 Å². The lowest BCUT2D eigenvalue weighted by Crippen LogP contribution is -2.53. The van der Waals surface area contributed by atoms with Crippen LogP contribution in [0.2, 0.25) is 0 Å². The van der Waals surface area contributed by atoms with E-state index in [0.29, 0.717) is 19.4 Å². The molecule has 0 aromatic heterocycles. The third-order valence-corrected chi connectivity index (χ3v) is 7.68. The summed E-state index contributed by atoms with van der Waals surface area (Å²) in [5, 5.41) is 5.70. The number of rotatable bonds is 12. The van der Waals surface area contributed by atoms with Crippen molar-refractivity contribution in [3.8, 4) is 0 Å². The van der Waals surface area contributed by atoms with Crippen LogP contribution in [0.3, 0.4) is 0 Å². The number of nitrogens with one attached hydrogen (secondary N) is 2. The van der Waals surface area contributed by atoms with Gasteiger partial charge in [0.25, 0.3) is 0 Å². The summed E-state index contributed by atoms with van der Waals surface area (Å²) in [4.78, 5) is 42.9. The van der Waals surface area contributed by atoms with E-state index in [9.17, 15) is 14.4 Å². The van der Waals surface area contributed by atoms with Gasteiger partial charge >= 0.3 is 6.09 Å². The smallest absolute Gasteiger partial charge is 0.408 e. The van der Waals surface area contributed by atoms with E-state index < -0.39 is 18.2 Å². The summed E-state index contributed by atoms with van der Waals surface area (Å²) >= 11 is 1.83. The van der Waals surface area contributed by atoms with E-state index in [1.54, 1.807) is 0 Å². The molecule has 0 fully saturated rings. The van der Waals surface area contributed by atoms with Crippen molar-refractivity contribution in [2.75, 3.05) is 18.8 Å². The Bertz CT molecular complexity index is 1110. The quantitative estimate of drug-likeness (QED) is 0.302. The Hall–Kier alpha value is -2.84. The fourth-order valence-electron chi connectivity index (χ4n) is 4.62. The van der Waals surface area contributed by atoms with Gasteiger partial charge < -0.3 is 15.4 Å². The molecule has 8 heteroatoms. The number of ether oxygens (including phenoxy) is 1. The van der Waals surface area contributed by atoms with Gasteiger partial charge in [-0.1, -0.05) is 84.0 Å². The summed E-state index contributed by atoms with van der Waals surface area (Å²) in [6.07, 6.45) is 0.326. The van der Waals surface area contributed by atoms with Crippen molar-refractivity contribution in [2.45, 2.75) is 91.4 Å². The molecule has 0 aliphatic carbocycles. The number of hydrogen-bond donors (Lipinski definition) is 2. The number of benzene rings is 2. The van der Waals surface area contributed by atoms with Crippen molar-refractivity contribution in [3.63, 3.8) is 0 Å². The number of Topliss-reactive ketones (excluding diaryl/α,β-unsaturated/α-hetero) is 1. The van der Waals surface area contributed by atoms with Crippen LogP contribution in [0.1, 0.15) is 71.1 Å². The summed E-state index contributed by atoms with van der Waals surface area (Å²) in [5.41, 5.74) is 3.33. The lowest BCUT2D eigenvalue weighted by Gasteiger charge is -2.27.